The van der Waals surface area contributed by atoms with Crippen LogP contribution in [-0.4, -0.2) is 25.6 Å². The summed E-state index contributed by atoms with van der Waals surface area (Å²) in [7, 11) is 1.63. The molecule has 1 saturated heterocycles. The first-order chi connectivity index (χ1) is 8.17. The highest BCUT2D eigenvalue weighted by atomic mass is 16.5. The molecule has 1 aromatic rings. The van der Waals surface area contributed by atoms with Crippen LogP contribution in [0, 0.1) is 5.92 Å². The topological polar surface area (TPSA) is 55.6 Å². The van der Waals surface area contributed by atoms with Crippen LogP contribution in [0.4, 0.5) is 5.69 Å². The first-order valence-electron chi connectivity index (χ1n) is 5.83. The summed E-state index contributed by atoms with van der Waals surface area (Å²) in [5.74, 6) is 1.20. The summed E-state index contributed by atoms with van der Waals surface area (Å²) in [6.45, 7) is 2.60. The van der Waals surface area contributed by atoms with Crippen molar-refractivity contribution >= 4 is 11.6 Å². The third kappa shape index (κ3) is 2.13. The Kier molecular flexibility index (Phi) is 3.33. The molecule has 0 aromatic heterocycles. The maximum Gasteiger partial charge on any atom is 0.227 e. The Hall–Kier alpha value is -1.55. The van der Waals surface area contributed by atoms with E-state index in [1.54, 1.807) is 7.11 Å². The van der Waals surface area contributed by atoms with Gasteiger partial charge in [-0.3, -0.25) is 4.79 Å². The van der Waals surface area contributed by atoms with Gasteiger partial charge in [-0.25, -0.2) is 0 Å². The number of hydrogen-bond donors (Lipinski definition) is 1. The van der Waals surface area contributed by atoms with Gasteiger partial charge in [0.25, 0.3) is 0 Å². The van der Waals surface area contributed by atoms with E-state index in [4.69, 9.17) is 10.5 Å². The first kappa shape index (κ1) is 11.9. The van der Waals surface area contributed by atoms with Gasteiger partial charge < -0.3 is 15.4 Å². The number of carbonyl (C=O) groups excluding carboxylic acids is 1. The van der Waals surface area contributed by atoms with Crippen molar-refractivity contribution in [3.8, 4) is 5.75 Å². The number of benzene rings is 1. The van der Waals surface area contributed by atoms with Crippen molar-refractivity contribution in [3.63, 3.8) is 0 Å². The molecule has 0 spiro atoms. The fourth-order valence-electron chi connectivity index (χ4n) is 2.33. The van der Waals surface area contributed by atoms with Crippen molar-refractivity contribution in [3.05, 3.63) is 24.3 Å². The van der Waals surface area contributed by atoms with Crippen molar-refractivity contribution in [1.82, 2.24) is 0 Å². The number of methoxy groups -OCH3 is 1. The summed E-state index contributed by atoms with van der Waals surface area (Å²) in [5, 5.41) is 0. The van der Waals surface area contributed by atoms with Gasteiger partial charge in [-0.1, -0.05) is 0 Å². The molecule has 2 N–H and O–H groups in total. The predicted molar refractivity (Wildman–Crippen MR) is 67.1 cm³/mol. The van der Waals surface area contributed by atoms with E-state index >= 15 is 0 Å². The molecular weight excluding hydrogens is 216 g/mol. The van der Waals surface area contributed by atoms with E-state index in [1.165, 1.54) is 0 Å². The Morgan fingerprint density at radius 1 is 1.41 bits per heavy atom. The number of anilines is 1. The number of nitrogens with zero attached hydrogens (tertiary/aromatic N) is 1. The van der Waals surface area contributed by atoms with E-state index in [2.05, 4.69) is 0 Å². The molecule has 0 bridgehead atoms. The van der Waals surface area contributed by atoms with E-state index in [0.717, 1.165) is 11.4 Å². The highest BCUT2D eigenvalue weighted by Crippen LogP contribution is 2.31. The predicted octanol–water partition coefficient (Wildman–Crippen LogP) is 1.40. The molecular formula is C13H18N2O2. The summed E-state index contributed by atoms with van der Waals surface area (Å²) in [6.07, 6.45) is 0.545. The monoisotopic (exact) mass is 234 g/mol. The van der Waals surface area contributed by atoms with Crippen LogP contribution in [0.1, 0.15) is 13.3 Å². The van der Waals surface area contributed by atoms with Crippen LogP contribution in [0.5, 0.6) is 5.75 Å². The van der Waals surface area contributed by atoms with Gasteiger partial charge in [0.2, 0.25) is 5.91 Å². The molecule has 4 nitrogen and oxygen atoms in total. The van der Waals surface area contributed by atoms with Crippen LogP contribution < -0.4 is 15.4 Å². The molecule has 0 saturated carbocycles. The molecule has 0 aliphatic carbocycles. The van der Waals surface area contributed by atoms with Crippen molar-refractivity contribution in [2.45, 2.75) is 19.4 Å². The fraction of sp³-hybridized carbons (Fsp3) is 0.462. The van der Waals surface area contributed by atoms with Crippen molar-refractivity contribution < 1.29 is 9.53 Å². The third-order valence-corrected chi connectivity index (χ3v) is 3.45. The van der Waals surface area contributed by atoms with E-state index in [-0.39, 0.29) is 17.9 Å². The van der Waals surface area contributed by atoms with Crippen molar-refractivity contribution in [2.24, 2.45) is 11.7 Å². The van der Waals surface area contributed by atoms with Gasteiger partial charge in [0.1, 0.15) is 5.75 Å². The summed E-state index contributed by atoms with van der Waals surface area (Å²) in [6, 6.07) is 7.72. The molecule has 2 rings (SSSR count). The SMILES string of the molecule is COc1ccc(N2C(=O)CC(CN)C2C)cc1. The molecule has 1 aromatic carbocycles. The zero-order chi connectivity index (χ0) is 12.4. The summed E-state index contributed by atoms with van der Waals surface area (Å²) in [4.78, 5) is 13.8. The second-order valence-electron chi connectivity index (χ2n) is 4.40. The van der Waals surface area contributed by atoms with Crippen LogP contribution in [0.25, 0.3) is 0 Å². The van der Waals surface area contributed by atoms with Crippen LogP contribution in [0.15, 0.2) is 24.3 Å². The van der Waals surface area contributed by atoms with E-state index in [9.17, 15) is 4.79 Å². The van der Waals surface area contributed by atoms with E-state index in [1.807, 2.05) is 36.1 Å². The van der Waals surface area contributed by atoms with E-state index in [0.29, 0.717) is 13.0 Å². The molecule has 17 heavy (non-hydrogen) atoms. The second kappa shape index (κ2) is 4.75. The lowest BCUT2D eigenvalue weighted by atomic mass is 10.0. The number of rotatable bonds is 3. The first-order valence-corrected chi connectivity index (χ1v) is 5.83. The Bertz CT molecular complexity index is 402. The van der Waals surface area contributed by atoms with Gasteiger partial charge in [-0.05, 0) is 37.7 Å². The second-order valence-corrected chi connectivity index (χ2v) is 4.40. The minimum atomic E-state index is 0.151. The van der Waals surface area contributed by atoms with Gasteiger partial charge in [0.15, 0.2) is 0 Å². The molecule has 1 fully saturated rings. The molecule has 1 heterocycles. The largest absolute Gasteiger partial charge is 0.497 e. The maximum absolute atomic E-state index is 11.9. The average Bonchev–Trinajstić information content (AvgIpc) is 2.64. The summed E-state index contributed by atoms with van der Waals surface area (Å²) >= 11 is 0. The van der Waals surface area contributed by atoms with Gasteiger partial charge in [-0.15, -0.1) is 0 Å². The molecule has 0 radical (unpaired) electrons. The molecule has 92 valence electrons. The van der Waals surface area contributed by atoms with Gasteiger partial charge >= 0.3 is 0 Å². The van der Waals surface area contributed by atoms with Crippen LogP contribution in [-0.2, 0) is 4.79 Å². The highest BCUT2D eigenvalue weighted by molar-refractivity contribution is 5.96. The normalized spacial score (nSPS) is 24.2. The Labute approximate surface area is 101 Å². The number of hydrogen-bond acceptors (Lipinski definition) is 3. The van der Waals surface area contributed by atoms with Crippen LogP contribution >= 0.6 is 0 Å². The zero-order valence-electron chi connectivity index (χ0n) is 10.2. The van der Waals surface area contributed by atoms with Crippen molar-refractivity contribution in [1.29, 1.82) is 0 Å². The lowest BCUT2D eigenvalue weighted by Crippen LogP contribution is -2.34. The number of amides is 1. The third-order valence-electron chi connectivity index (χ3n) is 3.45. The zero-order valence-corrected chi connectivity index (χ0v) is 10.2. The smallest absolute Gasteiger partial charge is 0.227 e. The average molecular weight is 234 g/mol. The highest BCUT2D eigenvalue weighted by Gasteiger charge is 2.36. The molecule has 2 atom stereocenters. The van der Waals surface area contributed by atoms with Gasteiger partial charge in [-0.2, -0.15) is 0 Å². The Morgan fingerprint density at radius 2 is 2.06 bits per heavy atom. The molecule has 2 unspecified atom stereocenters. The summed E-state index contributed by atoms with van der Waals surface area (Å²) < 4.78 is 5.10. The Balaban J connectivity index is 2.23. The molecule has 1 aliphatic rings. The minimum Gasteiger partial charge on any atom is -0.497 e. The molecule has 1 aliphatic heterocycles. The number of ether oxygens (including phenoxy) is 1. The number of nitrogens with two attached hydrogens (primary N) is 1. The lowest BCUT2D eigenvalue weighted by molar-refractivity contribution is -0.117. The van der Waals surface area contributed by atoms with E-state index < -0.39 is 0 Å². The minimum absolute atomic E-state index is 0.151. The maximum atomic E-state index is 11.9. The molecule has 1 amide bonds. The summed E-state index contributed by atoms with van der Waals surface area (Å²) in [5.41, 5.74) is 6.59. The Morgan fingerprint density at radius 3 is 2.53 bits per heavy atom. The molecule has 4 heteroatoms. The quantitative estimate of drug-likeness (QED) is 0.860. The van der Waals surface area contributed by atoms with Crippen LogP contribution in [0.2, 0.25) is 0 Å². The fourth-order valence-corrected chi connectivity index (χ4v) is 2.33. The lowest BCUT2D eigenvalue weighted by Gasteiger charge is -2.24. The standard InChI is InChI=1S/C13H18N2O2/c1-9-10(8-14)7-13(16)15(9)11-3-5-12(17-2)6-4-11/h3-6,9-10H,7-8,14H2,1-2H3. The van der Waals surface area contributed by atoms with Crippen LogP contribution in [0.3, 0.4) is 0 Å². The van der Waals surface area contributed by atoms with Gasteiger partial charge in [0.05, 0.1) is 7.11 Å². The van der Waals surface area contributed by atoms with Crippen molar-refractivity contribution in [2.75, 3.05) is 18.6 Å². The van der Waals surface area contributed by atoms with Gasteiger partial charge in [0, 0.05) is 24.1 Å². The number of carbonyl (C=O) groups is 1.